The summed E-state index contributed by atoms with van der Waals surface area (Å²) in [5.41, 5.74) is 13.9. The number of anilines is 1. The molecule has 2 fully saturated rings. The lowest BCUT2D eigenvalue weighted by Gasteiger charge is -2.47. The van der Waals surface area contributed by atoms with Crippen LogP contribution in [0.2, 0.25) is 0 Å². The normalized spacial score (nSPS) is 17.4. The Morgan fingerprint density at radius 2 is 1.74 bits per heavy atom. The topological polar surface area (TPSA) is 72.9 Å². The molecule has 7 rings (SSSR count). The Hall–Kier alpha value is -3.77. The van der Waals surface area contributed by atoms with Crippen molar-refractivity contribution in [3.05, 3.63) is 78.8 Å². The van der Waals surface area contributed by atoms with Crippen molar-refractivity contribution in [3.8, 4) is 16.9 Å². The van der Waals surface area contributed by atoms with Gasteiger partial charge in [0.25, 0.3) is 0 Å². The van der Waals surface area contributed by atoms with Gasteiger partial charge < -0.3 is 15.2 Å². The summed E-state index contributed by atoms with van der Waals surface area (Å²) in [6.45, 7) is 3.52. The average molecular weight is 461 g/mol. The number of nitrogens with zero attached hydrogens (tertiary/aromatic N) is 5. The number of benzene rings is 2. The summed E-state index contributed by atoms with van der Waals surface area (Å²) in [6.07, 6.45) is 8.86. The van der Waals surface area contributed by atoms with Gasteiger partial charge in [-0.25, -0.2) is 15.0 Å². The summed E-state index contributed by atoms with van der Waals surface area (Å²) in [5.74, 6) is 0.519. The van der Waals surface area contributed by atoms with E-state index in [1.807, 2.05) is 18.2 Å². The third kappa shape index (κ3) is 3.32. The Balaban J connectivity index is 1.38. The maximum Gasteiger partial charge on any atom is 0.151 e. The molecule has 4 heterocycles. The number of rotatable bonds is 5. The smallest absolute Gasteiger partial charge is 0.151 e. The predicted molar refractivity (Wildman–Crippen MR) is 141 cm³/mol. The molecule has 1 aliphatic heterocycles. The van der Waals surface area contributed by atoms with Crippen LogP contribution in [0.5, 0.6) is 0 Å². The van der Waals surface area contributed by atoms with E-state index in [1.165, 1.54) is 44.3 Å². The number of fused-ring (bicyclic) bond motifs is 2. The molecule has 5 aromatic rings. The number of likely N-dealkylation sites (tertiary alicyclic amines) is 1. The molecule has 1 aliphatic carbocycles. The van der Waals surface area contributed by atoms with E-state index in [-0.39, 0.29) is 5.41 Å². The van der Waals surface area contributed by atoms with E-state index in [0.29, 0.717) is 5.82 Å². The molecule has 0 spiro atoms. The highest BCUT2D eigenvalue weighted by Crippen LogP contribution is 2.48. The predicted octanol–water partition coefficient (Wildman–Crippen LogP) is 5.35. The first kappa shape index (κ1) is 20.6. The van der Waals surface area contributed by atoms with Crippen molar-refractivity contribution in [1.29, 1.82) is 0 Å². The quantitative estimate of drug-likeness (QED) is 0.383. The van der Waals surface area contributed by atoms with E-state index >= 15 is 0 Å². The second-order valence-corrected chi connectivity index (χ2v) is 10.1. The second-order valence-electron chi connectivity index (χ2n) is 10.1. The molecule has 6 nitrogen and oxygen atoms in total. The van der Waals surface area contributed by atoms with Crippen LogP contribution < -0.4 is 5.73 Å². The SMILES string of the molecule is Nc1ncnc2c(C3(CN4CCC4)CCC3)cn(-c3ccc4ccc(-c5ccccc5)nc4c3)c12. The van der Waals surface area contributed by atoms with Gasteiger partial charge in [-0.2, -0.15) is 0 Å². The summed E-state index contributed by atoms with van der Waals surface area (Å²) in [6, 6.07) is 21.0. The fourth-order valence-electron chi connectivity index (χ4n) is 5.78. The molecule has 2 aliphatic rings. The summed E-state index contributed by atoms with van der Waals surface area (Å²) in [5, 5.41) is 1.11. The molecule has 0 radical (unpaired) electrons. The summed E-state index contributed by atoms with van der Waals surface area (Å²) < 4.78 is 2.19. The van der Waals surface area contributed by atoms with Crippen molar-refractivity contribution in [2.24, 2.45) is 0 Å². The molecular weight excluding hydrogens is 432 g/mol. The summed E-state index contributed by atoms with van der Waals surface area (Å²) >= 11 is 0. The zero-order valence-corrected chi connectivity index (χ0v) is 19.7. The number of hydrogen-bond donors (Lipinski definition) is 1. The van der Waals surface area contributed by atoms with Gasteiger partial charge in [0, 0.05) is 40.4 Å². The van der Waals surface area contributed by atoms with Crippen LogP contribution in [-0.2, 0) is 5.41 Å². The highest BCUT2D eigenvalue weighted by molar-refractivity contribution is 5.91. The van der Waals surface area contributed by atoms with Crippen LogP contribution in [0.15, 0.2) is 73.2 Å². The van der Waals surface area contributed by atoms with Gasteiger partial charge in [-0.15, -0.1) is 0 Å². The summed E-state index contributed by atoms with van der Waals surface area (Å²) in [7, 11) is 0. The minimum absolute atomic E-state index is 0.153. The van der Waals surface area contributed by atoms with E-state index in [9.17, 15) is 0 Å². The standard InChI is InChI=1S/C29H28N6/c30-28-27-26(31-19-32-28)23(29(12-4-13-29)18-34-14-5-15-34)17-35(27)22-10-8-21-9-11-24(33-25(21)16-22)20-6-2-1-3-7-20/h1-3,6-11,16-17,19H,4-5,12-15,18H2,(H2,30,31,32). The lowest BCUT2D eigenvalue weighted by Crippen LogP contribution is -2.50. The molecule has 0 amide bonds. The Bertz CT molecular complexity index is 1550. The third-order valence-corrected chi connectivity index (χ3v) is 7.99. The van der Waals surface area contributed by atoms with E-state index < -0.39 is 0 Å². The highest BCUT2D eigenvalue weighted by Gasteiger charge is 2.43. The number of aromatic nitrogens is 4. The third-order valence-electron chi connectivity index (χ3n) is 7.99. The van der Waals surface area contributed by atoms with Crippen molar-refractivity contribution in [2.75, 3.05) is 25.4 Å². The number of hydrogen-bond acceptors (Lipinski definition) is 5. The number of nitrogen functional groups attached to an aromatic ring is 1. The van der Waals surface area contributed by atoms with Gasteiger partial charge in [0.1, 0.15) is 11.8 Å². The first-order valence-electron chi connectivity index (χ1n) is 12.5. The molecule has 6 heteroatoms. The van der Waals surface area contributed by atoms with Crippen LogP contribution in [0.25, 0.3) is 38.9 Å². The molecule has 3 aromatic heterocycles. The van der Waals surface area contributed by atoms with Crippen molar-refractivity contribution in [2.45, 2.75) is 31.1 Å². The molecule has 2 N–H and O–H groups in total. The average Bonchev–Trinajstić information content (AvgIpc) is 3.24. The van der Waals surface area contributed by atoms with Gasteiger partial charge in [0.15, 0.2) is 5.82 Å². The maximum absolute atomic E-state index is 6.46. The Morgan fingerprint density at radius 1 is 0.914 bits per heavy atom. The Kier molecular flexibility index (Phi) is 4.64. The largest absolute Gasteiger partial charge is 0.382 e. The molecular formula is C29H28N6. The molecule has 2 aromatic carbocycles. The van der Waals surface area contributed by atoms with E-state index in [0.717, 1.165) is 45.4 Å². The molecule has 35 heavy (non-hydrogen) atoms. The van der Waals surface area contributed by atoms with Gasteiger partial charge in [-0.3, -0.25) is 0 Å². The highest BCUT2D eigenvalue weighted by atomic mass is 15.2. The number of nitrogens with two attached hydrogens (primary N) is 1. The fraction of sp³-hybridized carbons (Fsp3) is 0.276. The van der Waals surface area contributed by atoms with Crippen LogP contribution in [0.4, 0.5) is 5.82 Å². The van der Waals surface area contributed by atoms with Crippen molar-refractivity contribution in [1.82, 2.24) is 24.4 Å². The number of pyridine rings is 1. The van der Waals surface area contributed by atoms with Crippen molar-refractivity contribution < 1.29 is 0 Å². The zero-order valence-electron chi connectivity index (χ0n) is 19.7. The van der Waals surface area contributed by atoms with Gasteiger partial charge in [-0.05, 0) is 50.6 Å². The molecule has 174 valence electrons. The fourth-order valence-corrected chi connectivity index (χ4v) is 5.78. The lowest BCUT2D eigenvalue weighted by molar-refractivity contribution is 0.0943. The van der Waals surface area contributed by atoms with Gasteiger partial charge in [0.2, 0.25) is 0 Å². The molecule has 1 saturated heterocycles. The van der Waals surface area contributed by atoms with Crippen LogP contribution >= 0.6 is 0 Å². The van der Waals surface area contributed by atoms with Crippen molar-refractivity contribution in [3.63, 3.8) is 0 Å². The molecule has 0 unspecified atom stereocenters. The lowest BCUT2D eigenvalue weighted by atomic mass is 9.64. The van der Waals surface area contributed by atoms with Crippen LogP contribution in [-0.4, -0.2) is 44.1 Å². The molecule has 1 saturated carbocycles. The van der Waals surface area contributed by atoms with Gasteiger partial charge >= 0.3 is 0 Å². The minimum atomic E-state index is 0.153. The monoisotopic (exact) mass is 460 g/mol. The van der Waals surface area contributed by atoms with E-state index in [4.69, 9.17) is 15.7 Å². The van der Waals surface area contributed by atoms with Crippen molar-refractivity contribution >= 4 is 27.8 Å². The van der Waals surface area contributed by atoms with Crippen LogP contribution in [0, 0.1) is 0 Å². The van der Waals surface area contributed by atoms with Gasteiger partial charge in [-0.1, -0.05) is 48.9 Å². The van der Waals surface area contributed by atoms with E-state index in [1.54, 1.807) is 6.33 Å². The first-order chi connectivity index (χ1) is 17.2. The Morgan fingerprint density at radius 3 is 2.49 bits per heavy atom. The molecule has 0 atom stereocenters. The zero-order chi connectivity index (χ0) is 23.4. The summed E-state index contributed by atoms with van der Waals surface area (Å²) in [4.78, 5) is 16.7. The first-order valence-corrected chi connectivity index (χ1v) is 12.5. The molecule has 0 bridgehead atoms. The maximum atomic E-state index is 6.46. The van der Waals surface area contributed by atoms with Crippen LogP contribution in [0.1, 0.15) is 31.2 Å². The van der Waals surface area contributed by atoms with E-state index in [2.05, 4.69) is 63.1 Å². The Labute approximate surface area is 204 Å². The minimum Gasteiger partial charge on any atom is -0.382 e. The van der Waals surface area contributed by atoms with Gasteiger partial charge in [0.05, 0.1) is 16.7 Å². The van der Waals surface area contributed by atoms with Crippen LogP contribution in [0.3, 0.4) is 0 Å². The second kappa shape index (κ2) is 7.89.